The van der Waals surface area contributed by atoms with Gasteiger partial charge in [-0.15, -0.1) is 0 Å². The van der Waals surface area contributed by atoms with Crippen molar-refractivity contribution in [2.45, 2.75) is 26.2 Å². The Balaban J connectivity index is 1.94. The van der Waals surface area contributed by atoms with E-state index in [2.05, 4.69) is 26.1 Å². The van der Waals surface area contributed by atoms with Gasteiger partial charge in [0, 0.05) is 6.07 Å². The van der Waals surface area contributed by atoms with Crippen LogP contribution >= 0.6 is 0 Å². The van der Waals surface area contributed by atoms with Crippen molar-refractivity contribution in [2.75, 3.05) is 26.1 Å². The molecule has 0 aromatic heterocycles. The van der Waals surface area contributed by atoms with E-state index in [9.17, 15) is 9.59 Å². The van der Waals surface area contributed by atoms with Crippen LogP contribution in [0, 0.1) is 0 Å². The summed E-state index contributed by atoms with van der Waals surface area (Å²) in [4.78, 5) is 24.2. The minimum atomic E-state index is -0.549. The number of carbonyl (C=O) groups excluding carboxylic acids is 2. The van der Waals surface area contributed by atoms with Crippen LogP contribution in [0.4, 0.5) is 5.69 Å². The Morgan fingerprint density at radius 3 is 2.19 bits per heavy atom. The highest BCUT2D eigenvalue weighted by Gasteiger charge is 2.16. The third kappa shape index (κ3) is 5.48. The average Bonchev–Trinajstić information content (AvgIpc) is 2.65. The smallest absolute Gasteiger partial charge is 0.338 e. The van der Waals surface area contributed by atoms with Crippen molar-refractivity contribution < 1.29 is 23.8 Å². The lowest BCUT2D eigenvalue weighted by molar-refractivity contribution is -0.119. The maximum Gasteiger partial charge on any atom is 0.338 e. The lowest BCUT2D eigenvalue weighted by Crippen LogP contribution is -2.21. The Morgan fingerprint density at radius 2 is 1.63 bits per heavy atom. The summed E-state index contributed by atoms with van der Waals surface area (Å²) < 4.78 is 15.4. The number of hydrogen-bond donors (Lipinski definition) is 1. The molecule has 0 heterocycles. The first-order valence-electron chi connectivity index (χ1n) is 8.54. The van der Waals surface area contributed by atoms with E-state index in [1.165, 1.54) is 7.11 Å². The second-order valence-electron chi connectivity index (χ2n) is 7.02. The molecule has 0 atom stereocenters. The van der Waals surface area contributed by atoms with E-state index < -0.39 is 18.5 Å². The summed E-state index contributed by atoms with van der Waals surface area (Å²) in [5, 5.41) is 2.65. The second-order valence-corrected chi connectivity index (χ2v) is 7.02. The molecule has 144 valence electrons. The monoisotopic (exact) mass is 371 g/mol. The highest BCUT2D eigenvalue weighted by atomic mass is 16.5. The molecule has 0 unspecified atom stereocenters. The fraction of sp³-hybridized carbons (Fsp3) is 0.333. The molecule has 2 rings (SSSR count). The predicted octanol–water partition coefficient (Wildman–Crippen LogP) is 3.80. The van der Waals surface area contributed by atoms with Gasteiger partial charge in [0.1, 0.15) is 11.5 Å². The van der Waals surface area contributed by atoms with Crippen LogP contribution in [-0.4, -0.2) is 32.7 Å². The van der Waals surface area contributed by atoms with Crippen molar-refractivity contribution in [2.24, 2.45) is 0 Å². The molecule has 1 N–H and O–H groups in total. The van der Waals surface area contributed by atoms with Crippen molar-refractivity contribution >= 4 is 17.6 Å². The van der Waals surface area contributed by atoms with Gasteiger partial charge in [-0.25, -0.2) is 4.79 Å². The standard InChI is InChI=1S/C21H25NO5/c1-21(2,3)15-8-6-14(7-9-15)20(24)27-13-19(23)22-17-11-10-16(25-4)12-18(17)26-5/h6-12H,13H2,1-5H3,(H,22,23). The van der Waals surface area contributed by atoms with Gasteiger partial charge in [-0.3, -0.25) is 4.79 Å². The summed E-state index contributed by atoms with van der Waals surface area (Å²) in [6.45, 7) is 5.89. The lowest BCUT2D eigenvalue weighted by atomic mass is 9.87. The number of methoxy groups -OCH3 is 2. The first-order valence-corrected chi connectivity index (χ1v) is 8.54. The molecule has 0 bridgehead atoms. The summed E-state index contributed by atoms with van der Waals surface area (Å²) in [6.07, 6.45) is 0. The van der Waals surface area contributed by atoms with Crippen molar-refractivity contribution in [3.63, 3.8) is 0 Å². The van der Waals surface area contributed by atoms with Gasteiger partial charge in [-0.05, 0) is 35.2 Å². The number of rotatable bonds is 6. The third-order valence-corrected chi connectivity index (χ3v) is 4.00. The Labute approximate surface area is 159 Å². The predicted molar refractivity (Wildman–Crippen MR) is 104 cm³/mol. The Morgan fingerprint density at radius 1 is 0.963 bits per heavy atom. The van der Waals surface area contributed by atoms with Gasteiger partial charge in [0.05, 0.1) is 25.5 Å². The van der Waals surface area contributed by atoms with Gasteiger partial charge in [0.25, 0.3) is 5.91 Å². The van der Waals surface area contributed by atoms with Crippen LogP contribution in [0.5, 0.6) is 11.5 Å². The number of benzene rings is 2. The average molecular weight is 371 g/mol. The quantitative estimate of drug-likeness (QED) is 0.782. The zero-order valence-electron chi connectivity index (χ0n) is 16.3. The molecule has 0 aliphatic heterocycles. The van der Waals surface area contributed by atoms with Gasteiger partial charge < -0.3 is 19.5 Å². The number of hydrogen-bond acceptors (Lipinski definition) is 5. The van der Waals surface area contributed by atoms with Gasteiger partial charge in [0.2, 0.25) is 0 Å². The van der Waals surface area contributed by atoms with E-state index in [4.69, 9.17) is 14.2 Å². The van der Waals surface area contributed by atoms with E-state index in [0.717, 1.165) is 5.56 Å². The highest BCUT2D eigenvalue weighted by Crippen LogP contribution is 2.29. The molecule has 2 aromatic carbocycles. The minimum absolute atomic E-state index is 0.000256. The van der Waals surface area contributed by atoms with Crippen molar-refractivity contribution in [3.8, 4) is 11.5 Å². The molecule has 0 aliphatic carbocycles. The van der Waals surface area contributed by atoms with E-state index >= 15 is 0 Å². The van der Waals surface area contributed by atoms with E-state index in [0.29, 0.717) is 22.7 Å². The molecule has 0 aliphatic rings. The first kappa shape index (κ1) is 20.3. The summed E-state index contributed by atoms with van der Waals surface area (Å²) in [7, 11) is 3.03. The van der Waals surface area contributed by atoms with Crippen molar-refractivity contribution in [1.82, 2.24) is 0 Å². The number of nitrogens with one attached hydrogen (secondary N) is 1. The van der Waals surface area contributed by atoms with Crippen LogP contribution in [0.25, 0.3) is 0 Å². The van der Waals surface area contributed by atoms with Crippen LogP contribution in [0.2, 0.25) is 0 Å². The van der Waals surface area contributed by atoms with Crippen LogP contribution < -0.4 is 14.8 Å². The first-order chi connectivity index (χ1) is 12.7. The normalized spacial score (nSPS) is 10.9. The Bertz CT molecular complexity index is 806. The molecule has 27 heavy (non-hydrogen) atoms. The van der Waals surface area contributed by atoms with E-state index in [1.807, 2.05) is 12.1 Å². The summed E-state index contributed by atoms with van der Waals surface area (Å²) in [5.41, 5.74) is 1.98. The molecule has 0 saturated carbocycles. The SMILES string of the molecule is COc1ccc(NC(=O)COC(=O)c2ccc(C(C)(C)C)cc2)c(OC)c1. The second kappa shape index (κ2) is 8.58. The fourth-order valence-electron chi connectivity index (χ4n) is 2.41. The topological polar surface area (TPSA) is 73.9 Å². The minimum Gasteiger partial charge on any atom is -0.497 e. The van der Waals surface area contributed by atoms with Crippen LogP contribution in [-0.2, 0) is 14.9 Å². The molecular formula is C21H25NO5. The number of carbonyl (C=O) groups is 2. The van der Waals surface area contributed by atoms with Gasteiger partial charge >= 0.3 is 5.97 Å². The molecule has 0 saturated heterocycles. The number of ether oxygens (including phenoxy) is 3. The molecule has 1 amide bonds. The third-order valence-electron chi connectivity index (χ3n) is 4.00. The fourth-order valence-corrected chi connectivity index (χ4v) is 2.41. The maximum absolute atomic E-state index is 12.1. The zero-order valence-corrected chi connectivity index (χ0v) is 16.3. The van der Waals surface area contributed by atoms with Crippen LogP contribution in [0.1, 0.15) is 36.7 Å². The molecule has 6 heteroatoms. The van der Waals surface area contributed by atoms with Crippen molar-refractivity contribution in [1.29, 1.82) is 0 Å². The molecule has 0 spiro atoms. The van der Waals surface area contributed by atoms with Crippen LogP contribution in [0.3, 0.4) is 0 Å². The van der Waals surface area contributed by atoms with Crippen molar-refractivity contribution in [3.05, 3.63) is 53.6 Å². The summed E-state index contributed by atoms with van der Waals surface area (Å²) in [6, 6.07) is 12.2. The maximum atomic E-state index is 12.1. The Kier molecular flexibility index (Phi) is 6.45. The van der Waals surface area contributed by atoms with Gasteiger partial charge in [-0.1, -0.05) is 32.9 Å². The molecule has 0 fully saturated rings. The number of amides is 1. The summed E-state index contributed by atoms with van der Waals surface area (Å²) >= 11 is 0. The molecule has 2 aromatic rings. The molecule has 6 nitrogen and oxygen atoms in total. The molecule has 0 radical (unpaired) electrons. The molecular weight excluding hydrogens is 346 g/mol. The van der Waals surface area contributed by atoms with Crippen LogP contribution in [0.15, 0.2) is 42.5 Å². The zero-order chi connectivity index (χ0) is 20.0. The number of anilines is 1. The van der Waals surface area contributed by atoms with E-state index in [1.54, 1.807) is 37.4 Å². The largest absolute Gasteiger partial charge is 0.497 e. The highest BCUT2D eigenvalue weighted by molar-refractivity contribution is 5.96. The lowest BCUT2D eigenvalue weighted by Gasteiger charge is -2.18. The Hall–Kier alpha value is -3.02. The van der Waals surface area contributed by atoms with E-state index in [-0.39, 0.29) is 5.41 Å². The van der Waals surface area contributed by atoms with Gasteiger partial charge in [0.15, 0.2) is 6.61 Å². The number of esters is 1. The summed E-state index contributed by atoms with van der Waals surface area (Å²) in [5.74, 6) is 0.0483. The van der Waals surface area contributed by atoms with Gasteiger partial charge in [-0.2, -0.15) is 0 Å².